The maximum Gasteiger partial charge on any atom is 0.419 e. The zero-order chi connectivity index (χ0) is 12.8. The fraction of sp³-hybridized carbons (Fsp3) is 0.455. The summed E-state index contributed by atoms with van der Waals surface area (Å²) in [5.41, 5.74) is 3.91. The number of benzene rings is 1. The van der Waals surface area contributed by atoms with Crippen molar-refractivity contribution in [2.45, 2.75) is 30.7 Å². The Labute approximate surface area is 95.0 Å². The monoisotopic (exact) mass is 249 g/mol. The Bertz CT molecular complexity index is 438. The number of halogens is 4. The Morgan fingerprint density at radius 2 is 1.88 bits per heavy atom. The summed E-state index contributed by atoms with van der Waals surface area (Å²) >= 11 is 0. The minimum absolute atomic E-state index is 0.234. The largest absolute Gasteiger partial charge is 0.419 e. The number of rotatable bonds is 1. The molecule has 0 bridgehead atoms. The van der Waals surface area contributed by atoms with Crippen LogP contribution < -0.4 is 5.73 Å². The zero-order valence-electron chi connectivity index (χ0n) is 8.76. The molecule has 0 spiro atoms. The predicted molar refractivity (Wildman–Crippen MR) is 52.5 cm³/mol. The van der Waals surface area contributed by atoms with Crippen LogP contribution in [0.1, 0.15) is 24.0 Å². The van der Waals surface area contributed by atoms with Gasteiger partial charge in [0.15, 0.2) is 0 Å². The topological polar surface area (TPSA) is 46.2 Å². The van der Waals surface area contributed by atoms with Gasteiger partial charge in [-0.1, -0.05) is 6.07 Å². The van der Waals surface area contributed by atoms with Crippen molar-refractivity contribution in [2.75, 3.05) is 0 Å². The van der Waals surface area contributed by atoms with Crippen LogP contribution in [0.25, 0.3) is 0 Å². The quantitative estimate of drug-likeness (QED) is 0.749. The molecule has 0 radical (unpaired) electrons. The molecule has 1 aromatic rings. The van der Waals surface area contributed by atoms with Crippen LogP contribution in [0.3, 0.4) is 0 Å². The normalized spacial score (nSPS) is 28.9. The van der Waals surface area contributed by atoms with E-state index < -0.39 is 29.2 Å². The van der Waals surface area contributed by atoms with Crippen LogP contribution >= 0.6 is 0 Å². The zero-order valence-corrected chi connectivity index (χ0v) is 8.76. The maximum absolute atomic E-state index is 13.3. The second-order valence-corrected chi connectivity index (χ2v) is 4.41. The summed E-state index contributed by atoms with van der Waals surface area (Å²) in [4.78, 5) is 0. The van der Waals surface area contributed by atoms with Gasteiger partial charge in [0.05, 0.1) is 11.7 Å². The molecule has 1 saturated carbocycles. The molecule has 0 amide bonds. The second kappa shape index (κ2) is 3.68. The van der Waals surface area contributed by atoms with Gasteiger partial charge in [-0.15, -0.1) is 0 Å². The molecule has 0 aliphatic heterocycles. The number of aliphatic hydroxyl groups excluding tert-OH is 1. The molecule has 1 fully saturated rings. The first-order chi connectivity index (χ1) is 7.72. The lowest BCUT2D eigenvalue weighted by atomic mass is 9.70. The molecule has 0 heterocycles. The van der Waals surface area contributed by atoms with Crippen molar-refractivity contribution in [2.24, 2.45) is 5.73 Å². The van der Waals surface area contributed by atoms with Gasteiger partial charge in [0.25, 0.3) is 0 Å². The summed E-state index contributed by atoms with van der Waals surface area (Å²) in [7, 11) is 0. The van der Waals surface area contributed by atoms with Crippen molar-refractivity contribution in [1.29, 1.82) is 0 Å². The molecular formula is C11H11F4NO. The van der Waals surface area contributed by atoms with E-state index in [9.17, 15) is 17.6 Å². The highest BCUT2D eigenvalue weighted by atomic mass is 19.4. The SMILES string of the molecule is NC1(c2ccc(C(F)(F)F)c(F)c2)CC(O)C1. The van der Waals surface area contributed by atoms with Crippen LogP contribution in [0.5, 0.6) is 0 Å². The second-order valence-electron chi connectivity index (χ2n) is 4.41. The van der Waals surface area contributed by atoms with Crippen LogP contribution in [0.4, 0.5) is 17.6 Å². The van der Waals surface area contributed by atoms with Crippen molar-refractivity contribution in [1.82, 2.24) is 0 Å². The van der Waals surface area contributed by atoms with Gasteiger partial charge >= 0.3 is 6.18 Å². The molecule has 0 unspecified atom stereocenters. The first-order valence-electron chi connectivity index (χ1n) is 5.06. The smallest absolute Gasteiger partial charge is 0.393 e. The first-order valence-corrected chi connectivity index (χ1v) is 5.06. The number of nitrogens with two attached hydrogens (primary N) is 1. The summed E-state index contributed by atoms with van der Waals surface area (Å²) in [5.74, 6) is -1.33. The minimum atomic E-state index is -4.70. The average Bonchev–Trinajstić information content (AvgIpc) is 2.13. The van der Waals surface area contributed by atoms with Crippen LogP contribution in [0, 0.1) is 5.82 Å². The molecule has 0 aromatic heterocycles. The summed E-state index contributed by atoms with van der Waals surface area (Å²) in [6, 6.07) is 2.65. The van der Waals surface area contributed by atoms with Crippen LogP contribution in [-0.4, -0.2) is 11.2 Å². The third kappa shape index (κ3) is 2.14. The van der Waals surface area contributed by atoms with E-state index in [-0.39, 0.29) is 18.4 Å². The predicted octanol–water partition coefficient (Wildman–Crippen LogP) is 2.15. The standard InChI is InChI=1S/C11H11F4NO/c12-9-3-6(10(16)4-7(17)5-10)1-2-8(9)11(13,14)15/h1-3,7,17H,4-5,16H2. The third-order valence-electron chi connectivity index (χ3n) is 3.05. The minimum Gasteiger partial charge on any atom is -0.393 e. The summed E-state index contributed by atoms with van der Waals surface area (Å²) in [6.07, 6.45) is -4.80. The highest BCUT2D eigenvalue weighted by Crippen LogP contribution is 2.40. The van der Waals surface area contributed by atoms with Crippen molar-refractivity contribution in [3.63, 3.8) is 0 Å². The Morgan fingerprint density at radius 3 is 2.29 bits per heavy atom. The van der Waals surface area contributed by atoms with Crippen molar-refractivity contribution < 1.29 is 22.7 Å². The molecule has 1 aliphatic carbocycles. The van der Waals surface area contributed by atoms with Gasteiger partial charge in [-0.05, 0) is 30.5 Å². The molecule has 2 rings (SSSR count). The lowest BCUT2D eigenvalue weighted by Gasteiger charge is -2.42. The van der Waals surface area contributed by atoms with Crippen molar-refractivity contribution in [3.8, 4) is 0 Å². The molecule has 1 aliphatic rings. The van der Waals surface area contributed by atoms with E-state index in [0.29, 0.717) is 6.07 Å². The highest BCUT2D eigenvalue weighted by molar-refractivity contribution is 5.33. The van der Waals surface area contributed by atoms with E-state index >= 15 is 0 Å². The van der Waals surface area contributed by atoms with Crippen LogP contribution in [0.15, 0.2) is 18.2 Å². The fourth-order valence-electron chi connectivity index (χ4n) is 2.07. The fourth-order valence-corrected chi connectivity index (χ4v) is 2.07. The number of hydrogen-bond acceptors (Lipinski definition) is 2. The molecule has 0 atom stereocenters. The lowest BCUT2D eigenvalue weighted by molar-refractivity contribution is -0.140. The molecule has 1 aromatic carbocycles. The summed E-state index contributed by atoms with van der Waals surface area (Å²) in [5, 5.41) is 9.14. The Morgan fingerprint density at radius 1 is 1.29 bits per heavy atom. The van der Waals surface area contributed by atoms with E-state index in [1.165, 1.54) is 0 Å². The molecule has 17 heavy (non-hydrogen) atoms. The summed E-state index contributed by atoms with van der Waals surface area (Å²) < 4.78 is 50.3. The average molecular weight is 249 g/mol. The van der Waals surface area contributed by atoms with Gasteiger partial charge in [-0.25, -0.2) is 4.39 Å². The maximum atomic E-state index is 13.3. The molecule has 6 heteroatoms. The number of hydrogen-bond donors (Lipinski definition) is 2. The van der Waals surface area contributed by atoms with Gasteiger partial charge in [0.2, 0.25) is 0 Å². The van der Waals surface area contributed by atoms with Gasteiger partial charge in [0, 0.05) is 5.54 Å². The van der Waals surface area contributed by atoms with Gasteiger partial charge < -0.3 is 10.8 Å². The molecule has 2 nitrogen and oxygen atoms in total. The van der Waals surface area contributed by atoms with E-state index in [1.54, 1.807) is 0 Å². The highest BCUT2D eigenvalue weighted by Gasteiger charge is 2.42. The van der Waals surface area contributed by atoms with Gasteiger partial charge in [0.1, 0.15) is 5.82 Å². The number of alkyl halides is 3. The van der Waals surface area contributed by atoms with Gasteiger partial charge in [-0.3, -0.25) is 0 Å². The lowest BCUT2D eigenvalue weighted by Crippen LogP contribution is -2.51. The van der Waals surface area contributed by atoms with Crippen molar-refractivity contribution >= 4 is 0 Å². The van der Waals surface area contributed by atoms with Gasteiger partial charge in [-0.2, -0.15) is 13.2 Å². The Kier molecular flexibility index (Phi) is 2.67. The van der Waals surface area contributed by atoms with Crippen LogP contribution in [0.2, 0.25) is 0 Å². The Balaban J connectivity index is 2.32. The third-order valence-corrected chi connectivity index (χ3v) is 3.05. The van der Waals surface area contributed by atoms with Crippen LogP contribution in [-0.2, 0) is 11.7 Å². The van der Waals surface area contributed by atoms with E-state index in [1.807, 2.05) is 0 Å². The van der Waals surface area contributed by atoms with Crippen molar-refractivity contribution in [3.05, 3.63) is 35.1 Å². The first kappa shape index (κ1) is 12.3. The molecular weight excluding hydrogens is 238 g/mol. The molecule has 3 N–H and O–H groups in total. The van der Waals surface area contributed by atoms with E-state index in [0.717, 1.165) is 12.1 Å². The molecule has 94 valence electrons. The van der Waals surface area contributed by atoms with E-state index in [4.69, 9.17) is 10.8 Å². The van der Waals surface area contributed by atoms with E-state index in [2.05, 4.69) is 0 Å². The number of aliphatic hydroxyl groups is 1. The molecule has 0 saturated heterocycles. The summed E-state index contributed by atoms with van der Waals surface area (Å²) in [6.45, 7) is 0. The Hall–Kier alpha value is -1.14.